The fourth-order valence-corrected chi connectivity index (χ4v) is 4.02. The molecule has 3 atom stereocenters. The van der Waals surface area contributed by atoms with Crippen molar-refractivity contribution in [2.45, 2.75) is 25.6 Å². The number of nitrogens with zero attached hydrogens (tertiary/aromatic N) is 2. The van der Waals surface area contributed by atoms with E-state index in [0.29, 0.717) is 12.0 Å². The first kappa shape index (κ1) is 17.7. The fourth-order valence-electron chi connectivity index (χ4n) is 4.02. The molecular weight excluding hydrogens is 360 g/mol. The topological polar surface area (TPSA) is 96.3 Å². The number of Topliss-reactive ketones (excluding diaryl/α,β-unsaturated/α-hetero) is 1. The molecule has 2 aliphatic heterocycles. The first-order valence-corrected chi connectivity index (χ1v) is 8.69. The number of ether oxygens (including phenoxy) is 1. The minimum Gasteiger partial charge on any atom is -0.472 e. The maximum absolute atomic E-state index is 12.7. The molecule has 1 fully saturated rings. The molecule has 1 saturated heterocycles. The summed E-state index contributed by atoms with van der Waals surface area (Å²) in [4.78, 5) is 41.1. The van der Waals surface area contributed by atoms with Gasteiger partial charge in [-0.3, -0.25) is 9.59 Å². The van der Waals surface area contributed by atoms with E-state index in [-0.39, 0.29) is 17.2 Å². The van der Waals surface area contributed by atoms with Crippen molar-refractivity contribution < 1.29 is 24.2 Å². The summed E-state index contributed by atoms with van der Waals surface area (Å²) in [6.07, 6.45) is 6.50. The molecule has 0 saturated carbocycles. The first-order valence-electron chi connectivity index (χ1n) is 8.69. The Hall–Kier alpha value is -3.66. The lowest BCUT2D eigenvalue weighted by Gasteiger charge is -2.19. The van der Waals surface area contributed by atoms with Crippen LogP contribution in [0.3, 0.4) is 0 Å². The lowest BCUT2D eigenvalue weighted by Crippen LogP contribution is -2.33. The van der Waals surface area contributed by atoms with Gasteiger partial charge < -0.3 is 9.84 Å². The summed E-state index contributed by atoms with van der Waals surface area (Å²) in [5, 5.41) is 9.56. The van der Waals surface area contributed by atoms with Crippen LogP contribution in [0.1, 0.15) is 24.1 Å². The number of allylic oxidation sites excluding steroid dienone is 1. The van der Waals surface area contributed by atoms with Crippen LogP contribution in [0.5, 0.6) is 0 Å². The fraction of sp³-hybridized carbons (Fsp3) is 0.238. The number of carbonyl (C=O) groups excluding carboxylic acids is 2. The molecule has 4 rings (SSSR count). The zero-order valence-corrected chi connectivity index (χ0v) is 15.0. The van der Waals surface area contributed by atoms with Crippen molar-refractivity contribution in [1.82, 2.24) is 4.90 Å². The zero-order chi connectivity index (χ0) is 20.0. The van der Waals surface area contributed by atoms with Crippen molar-refractivity contribution in [2.75, 3.05) is 0 Å². The Kier molecular flexibility index (Phi) is 4.12. The highest BCUT2D eigenvalue weighted by Gasteiger charge is 2.52. The van der Waals surface area contributed by atoms with Gasteiger partial charge in [0.15, 0.2) is 0 Å². The molecule has 1 aliphatic carbocycles. The smallest absolute Gasteiger partial charge is 0.414 e. The van der Waals surface area contributed by atoms with E-state index in [0.717, 1.165) is 16.0 Å². The van der Waals surface area contributed by atoms with Crippen LogP contribution in [0.25, 0.3) is 0 Å². The number of likely N-dealkylation sites (tertiary alicyclic amines) is 1. The molecule has 140 valence electrons. The summed E-state index contributed by atoms with van der Waals surface area (Å²) >= 11 is 0. The predicted octanol–water partition coefficient (Wildman–Crippen LogP) is 2.25. The van der Waals surface area contributed by atoms with Crippen LogP contribution in [0.4, 0.5) is 4.79 Å². The Balaban J connectivity index is 1.63. The molecule has 0 bridgehead atoms. The van der Waals surface area contributed by atoms with Gasteiger partial charge >= 0.3 is 6.09 Å². The van der Waals surface area contributed by atoms with Gasteiger partial charge in [-0.15, -0.1) is 6.42 Å². The van der Waals surface area contributed by atoms with Gasteiger partial charge in [-0.2, -0.15) is 0 Å². The van der Waals surface area contributed by atoms with E-state index in [1.54, 1.807) is 13.0 Å². The van der Waals surface area contributed by atoms with Crippen molar-refractivity contribution in [3.8, 4) is 12.3 Å². The molecule has 1 N–H and O–H groups in total. The molecule has 1 aromatic carbocycles. The van der Waals surface area contributed by atoms with E-state index < -0.39 is 30.1 Å². The highest BCUT2D eigenvalue weighted by molar-refractivity contribution is 6.51. The average molecular weight is 376 g/mol. The average Bonchev–Trinajstić information content (AvgIpc) is 3.30. The lowest BCUT2D eigenvalue weighted by molar-refractivity contribution is -0.124. The number of ketones is 1. The van der Waals surface area contributed by atoms with Gasteiger partial charge in [-0.25, -0.2) is 14.7 Å². The quantitative estimate of drug-likeness (QED) is 0.378. The Morgan fingerprint density at radius 1 is 1.39 bits per heavy atom. The SMILES string of the molecule is C#CC(=O)C1=NC(O/C=C2/C(=O)N(C(=O)O)C3c4ccccc4CC23)C=C1C. The summed E-state index contributed by atoms with van der Waals surface area (Å²) in [5.74, 6) is 0.565. The van der Waals surface area contributed by atoms with E-state index >= 15 is 0 Å². The van der Waals surface area contributed by atoms with Gasteiger partial charge in [0.05, 0.1) is 17.9 Å². The normalized spacial score (nSPS) is 26.4. The second-order valence-corrected chi connectivity index (χ2v) is 6.81. The number of hydrogen-bond donors (Lipinski definition) is 1. The molecule has 3 aliphatic rings. The summed E-state index contributed by atoms with van der Waals surface area (Å²) in [6.45, 7) is 1.70. The van der Waals surface area contributed by atoms with Crippen LogP contribution in [-0.2, 0) is 20.7 Å². The molecule has 1 aromatic rings. The molecular formula is C21H16N2O5. The number of fused-ring (bicyclic) bond motifs is 3. The monoisotopic (exact) mass is 376 g/mol. The molecule has 3 unspecified atom stereocenters. The van der Waals surface area contributed by atoms with Crippen molar-refractivity contribution in [1.29, 1.82) is 0 Å². The van der Waals surface area contributed by atoms with Crippen LogP contribution >= 0.6 is 0 Å². The molecule has 2 heterocycles. The van der Waals surface area contributed by atoms with Crippen molar-refractivity contribution >= 4 is 23.5 Å². The number of aliphatic imine (C=N–C) groups is 1. The van der Waals surface area contributed by atoms with Gasteiger partial charge in [0, 0.05) is 5.92 Å². The summed E-state index contributed by atoms with van der Waals surface area (Å²) < 4.78 is 5.60. The standard InChI is InChI=1S/C21H16N2O5/c1-3-16(24)18-11(2)8-17(22-18)28-10-15-14-9-12-6-4-5-7-13(12)19(14)23(20(15)25)21(26)27/h1,4-8,10,14,17,19H,9H2,2H3,(H,26,27)/b15-10+. The zero-order valence-electron chi connectivity index (χ0n) is 15.0. The van der Waals surface area contributed by atoms with Crippen molar-refractivity contribution in [3.05, 3.63) is 58.9 Å². The number of rotatable bonds is 3. The van der Waals surface area contributed by atoms with E-state index in [1.165, 1.54) is 6.26 Å². The number of imide groups is 1. The molecule has 7 nitrogen and oxygen atoms in total. The molecule has 0 radical (unpaired) electrons. The van der Waals surface area contributed by atoms with Crippen LogP contribution in [0.2, 0.25) is 0 Å². The minimum absolute atomic E-state index is 0.155. The summed E-state index contributed by atoms with van der Waals surface area (Å²) in [7, 11) is 0. The summed E-state index contributed by atoms with van der Waals surface area (Å²) in [6, 6.07) is 6.94. The number of carboxylic acid groups (broad SMARTS) is 1. The molecule has 7 heteroatoms. The van der Waals surface area contributed by atoms with E-state index in [9.17, 15) is 19.5 Å². The first-order chi connectivity index (χ1) is 13.4. The van der Waals surface area contributed by atoms with Crippen LogP contribution in [-0.4, -0.2) is 39.7 Å². The highest BCUT2D eigenvalue weighted by Crippen LogP contribution is 2.49. The maximum Gasteiger partial charge on any atom is 0.414 e. The minimum atomic E-state index is -1.29. The molecule has 0 spiro atoms. The van der Waals surface area contributed by atoms with E-state index in [2.05, 4.69) is 4.99 Å². The Labute approximate surface area is 161 Å². The van der Waals surface area contributed by atoms with Crippen LogP contribution in [0, 0.1) is 18.3 Å². The highest BCUT2D eigenvalue weighted by atomic mass is 16.5. The number of benzene rings is 1. The van der Waals surface area contributed by atoms with Gasteiger partial charge in [-0.1, -0.05) is 24.3 Å². The second-order valence-electron chi connectivity index (χ2n) is 6.81. The number of hydrogen-bond acceptors (Lipinski definition) is 5. The Morgan fingerprint density at radius 3 is 2.86 bits per heavy atom. The molecule has 2 amide bonds. The maximum atomic E-state index is 12.7. The molecule has 28 heavy (non-hydrogen) atoms. The largest absolute Gasteiger partial charge is 0.472 e. The number of terminal acetylenes is 1. The summed E-state index contributed by atoms with van der Waals surface area (Å²) in [5.41, 5.74) is 2.88. The third kappa shape index (κ3) is 2.62. The van der Waals surface area contributed by atoms with Crippen LogP contribution in [0.15, 0.2) is 52.7 Å². The number of carbonyl (C=O) groups is 3. The Bertz CT molecular complexity index is 1040. The van der Waals surface area contributed by atoms with Crippen molar-refractivity contribution in [3.63, 3.8) is 0 Å². The third-order valence-corrected chi connectivity index (χ3v) is 5.25. The second kappa shape index (κ2) is 6.50. The third-order valence-electron chi connectivity index (χ3n) is 5.25. The predicted molar refractivity (Wildman–Crippen MR) is 99.2 cm³/mol. The van der Waals surface area contributed by atoms with Gasteiger partial charge in [0.25, 0.3) is 11.7 Å². The Morgan fingerprint density at radius 2 is 2.14 bits per heavy atom. The van der Waals surface area contributed by atoms with Crippen molar-refractivity contribution in [2.24, 2.45) is 10.9 Å². The van der Waals surface area contributed by atoms with E-state index in [1.807, 2.05) is 30.2 Å². The van der Waals surface area contributed by atoms with E-state index in [4.69, 9.17) is 11.2 Å². The lowest BCUT2D eigenvalue weighted by atomic mass is 9.97. The number of amides is 2. The van der Waals surface area contributed by atoms with Gasteiger partial charge in [0.1, 0.15) is 5.71 Å². The van der Waals surface area contributed by atoms with Crippen LogP contribution < -0.4 is 0 Å². The van der Waals surface area contributed by atoms with Gasteiger partial charge in [0.2, 0.25) is 6.23 Å². The molecule has 0 aromatic heterocycles. The van der Waals surface area contributed by atoms with Gasteiger partial charge in [-0.05, 0) is 42.0 Å².